The Bertz CT molecular complexity index is 419. The Hall–Kier alpha value is -0.940. The van der Waals surface area contributed by atoms with Crippen molar-refractivity contribution in [3.63, 3.8) is 0 Å². The molecular formula is C14H22N2O2S. The Labute approximate surface area is 118 Å². The number of carboxylic acid groups (broad SMARTS) is 1. The lowest BCUT2D eigenvalue weighted by Crippen LogP contribution is -2.36. The van der Waals surface area contributed by atoms with E-state index in [-0.39, 0.29) is 5.92 Å². The van der Waals surface area contributed by atoms with Crippen molar-refractivity contribution < 1.29 is 9.90 Å². The zero-order chi connectivity index (χ0) is 13.7. The van der Waals surface area contributed by atoms with Gasteiger partial charge in [-0.1, -0.05) is 13.3 Å². The van der Waals surface area contributed by atoms with Gasteiger partial charge in [0.15, 0.2) is 0 Å². The molecule has 0 aromatic carbocycles. The van der Waals surface area contributed by atoms with Gasteiger partial charge in [0.05, 0.1) is 16.6 Å². The molecule has 1 saturated carbocycles. The number of aliphatic carboxylic acids is 1. The van der Waals surface area contributed by atoms with Gasteiger partial charge in [-0.3, -0.25) is 4.79 Å². The van der Waals surface area contributed by atoms with E-state index in [0.29, 0.717) is 6.04 Å². The van der Waals surface area contributed by atoms with Gasteiger partial charge in [0, 0.05) is 18.0 Å². The molecule has 2 N–H and O–H groups in total. The van der Waals surface area contributed by atoms with Gasteiger partial charge in [0.25, 0.3) is 0 Å². The van der Waals surface area contributed by atoms with E-state index >= 15 is 0 Å². The number of thiazole rings is 1. The monoisotopic (exact) mass is 282 g/mol. The molecule has 1 aromatic rings. The Balaban J connectivity index is 1.79. The standard InChI is InChI=1S/C14H22N2O2S/c1-2-4-13-16-12(9-19-13)8-15-11-6-3-5-10(7-11)14(17)18/h9-11,15H,2-8H2,1H3,(H,17,18). The molecular weight excluding hydrogens is 260 g/mol. The van der Waals surface area contributed by atoms with Crippen LogP contribution < -0.4 is 5.32 Å². The minimum Gasteiger partial charge on any atom is -0.481 e. The summed E-state index contributed by atoms with van der Waals surface area (Å²) in [6.45, 7) is 2.92. The smallest absolute Gasteiger partial charge is 0.306 e. The average molecular weight is 282 g/mol. The zero-order valence-corrected chi connectivity index (χ0v) is 12.2. The number of nitrogens with one attached hydrogen (secondary N) is 1. The number of rotatable bonds is 6. The molecule has 19 heavy (non-hydrogen) atoms. The van der Waals surface area contributed by atoms with Gasteiger partial charge >= 0.3 is 5.97 Å². The topological polar surface area (TPSA) is 62.2 Å². The number of aryl methyl sites for hydroxylation is 1. The van der Waals surface area contributed by atoms with Crippen LogP contribution in [0.15, 0.2) is 5.38 Å². The van der Waals surface area contributed by atoms with Crippen LogP contribution in [0.4, 0.5) is 0 Å². The highest BCUT2D eigenvalue weighted by Crippen LogP contribution is 2.24. The van der Waals surface area contributed by atoms with Crippen LogP contribution in [0.1, 0.15) is 49.7 Å². The first-order valence-corrected chi connectivity index (χ1v) is 7.96. The van der Waals surface area contributed by atoms with Gasteiger partial charge in [-0.05, 0) is 32.1 Å². The van der Waals surface area contributed by atoms with E-state index in [9.17, 15) is 4.79 Å². The molecule has 0 amide bonds. The number of aromatic nitrogens is 1. The molecule has 2 atom stereocenters. The van der Waals surface area contributed by atoms with E-state index < -0.39 is 5.97 Å². The molecule has 4 nitrogen and oxygen atoms in total. The van der Waals surface area contributed by atoms with Crippen LogP contribution in [-0.4, -0.2) is 22.1 Å². The molecule has 1 aliphatic carbocycles. The van der Waals surface area contributed by atoms with Crippen LogP contribution in [0.5, 0.6) is 0 Å². The Morgan fingerprint density at radius 3 is 3.16 bits per heavy atom. The van der Waals surface area contributed by atoms with Gasteiger partial charge in [0.1, 0.15) is 0 Å². The summed E-state index contributed by atoms with van der Waals surface area (Å²) in [5.74, 6) is -0.817. The van der Waals surface area contributed by atoms with Crippen LogP contribution in [-0.2, 0) is 17.8 Å². The Morgan fingerprint density at radius 2 is 2.42 bits per heavy atom. The molecule has 0 spiro atoms. The lowest BCUT2D eigenvalue weighted by molar-refractivity contribution is -0.143. The van der Waals surface area contributed by atoms with Crippen LogP contribution >= 0.6 is 11.3 Å². The van der Waals surface area contributed by atoms with Crippen molar-refractivity contribution in [1.29, 1.82) is 0 Å². The summed E-state index contributed by atoms with van der Waals surface area (Å²) in [5.41, 5.74) is 1.09. The first kappa shape index (κ1) is 14.5. The highest BCUT2D eigenvalue weighted by Gasteiger charge is 2.26. The Kier molecular flexibility index (Phi) is 5.34. The summed E-state index contributed by atoms with van der Waals surface area (Å²) >= 11 is 1.72. The third kappa shape index (κ3) is 4.28. The minimum atomic E-state index is -0.648. The fourth-order valence-corrected chi connectivity index (χ4v) is 3.51. The zero-order valence-electron chi connectivity index (χ0n) is 11.4. The predicted molar refractivity (Wildman–Crippen MR) is 76.3 cm³/mol. The molecule has 0 bridgehead atoms. The molecule has 0 aliphatic heterocycles. The van der Waals surface area contributed by atoms with Crippen LogP contribution in [0.25, 0.3) is 0 Å². The van der Waals surface area contributed by atoms with Crippen molar-refractivity contribution in [3.8, 4) is 0 Å². The molecule has 5 heteroatoms. The van der Waals surface area contributed by atoms with Crippen molar-refractivity contribution in [3.05, 3.63) is 16.1 Å². The molecule has 0 radical (unpaired) electrons. The largest absolute Gasteiger partial charge is 0.481 e. The molecule has 2 rings (SSSR count). The fraction of sp³-hybridized carbons (Fsp3) is 0.714. The molecule has 1 heterocycles. The van der Waals surface area contributed by atoms with Gasteiger partial charge in [0.2, 0.25) is 0 Å². The number of carbonyl (C=O) groups is 1. The minimum absolute atomic E-state index is 0.169. The number of hydrogen-bond acceptors (Lipinski definition) is 4. The van der Waals surface area contributed by atoms with Crippen molar-refractivity contribution in [2.75, 3.05) is 0 Å². The van der Waals surface area contributed by atoms with Crippen molar-refractivity contribution in [2.45, 2.75) is 58.0 Å². The molecule has 106 valence electrons. The third-order valence-electron chi connectivity index (χ3n) is 3.66. The molecule has 2 unspecified atom stereocenters. The second-order valence-electron chi connectivity index (χ2n) is 5.26. The summed E-state index contributed by atoms with van der Waals surface area (Å²) in [4.78, 5) is 15.6. The SMILES string of the molecule is CCCc1nc(CNC2CCCC(C(=O)O)C2)cs1. The van der Waals surface area contributed by atoms with Crippen LogP contribution in [0.3, 0.4) is 0 Å². The summed E-state index contributed by atoms with van der Waals surface area (Å²) in [6, 6.07) is 0.325. The maximum absolute atomic E-state index is 11.0. The maximum atomic E-state index is 11.0. The predicted octanol–water partition coefficient (Wildman–Crippen LogP) is 2.83. The second-order valence-corrected chi connectivity index (χ2v) is 6.20. The number of hydrogen-bond donors (Lipinski definition) is 2. The first-order valence-electron chi connectivity index (χ1n) is 7.08. The molecule has 0 saturated heterocycles. The summed E-state index contributed by atoms with van der Waals surface area (Å²) in [6.07, 6.45) is 5.84. The normalized spacial score (nSPS) is 23.4. The molecule has 1 fully saturated rings. The van der Waals surface area contributed by atoms with Gasteiger partial charge in [-0.15, -0.1) is 11.3 Å². The highest BCUT2D eigenvalue weighted by molar-refractivity contribution is 7.09. The Morgan fingerprint density at radius 1 is 1.58 bits per heavy atom. The molecule has 1 aromatic heterocycles. The number of carboxylic acids is 1. The van der Waals surface area contributed by atoms with Gasteiger partial charge < -0.3 is 10.4 Å². The van der Waals surface area contributed by atoms with Crippen molar-refractivity contribution >= 4 is 17.3 Å². The quantitative estimate of drug-likeness (QED) is 0.842. The lowest BCUT2D eigenvalue weighted by Gasteiger charge is -2.27. The fourth-order valence-electron chi connectivity index (χ4n) is 2.61. The average Bonchev–Trinajstić information content (AvgIpc) is 2.85. The van der Waals surface area contributed by atoms with E-state index in [1.165, 1.54) is 5.01 Å². The third-order valence-corrected chi connectivity index (χ3v) is 4.62. The highest BCUT2D eigenvalue weighted by atomic mass is 32.1. The summed E-state index contributed by atoms with van der Waals surface area (Å²) in [5, 5.41) is 15.8. The van der Waals surface area contributed by atoms with E-state index in [4.69, 9.17) is 5.11 Å². The summed E-state index contributed by atoms with van der Waals surface area (Å²) < 4.78 is 0. The first-order chi connectivity index (χ1) is 9.19. The van der Waals surface area contributed by atoms with Crippen LogP contribution in [0, 0.1) is 5.92 Å². The van der Waals surface area contributed by atoms with Crippen LogP contribution in [0.2, 0.25) is 0 Å². The van der Waals surface area contributed by atoms with E-state index in [0.717, 1.165) is 50.8 Å². The van der Waals surface area contributed by atoms with E-state index in [1.807, 2.05) is 0 Å². The summed E-state index contributed by atoms with van der Waals surface area (Å²) in [7, 11) is 0. The van der Waals surface area contributed by atoms with Crippen molar-refractivity contribution in [1.82, 2.24) is 10.3 Å². The second kappa shape index (κ2) is 7.01. The van der Waals surface area contributed by atoms with E-state index in [1.54, 1.807) is 11.3 Å². The molecule has 1 aliphatic rings. The van der Waals surface area contributed by atoms with Gasteiger partial charge in [-0.2, -0.15) is 0 Å². The van der Waals surface area contributed by atoms with E-state index in [2.05, 4.69) is 22.6 Å². The number of nitrogens with zero attached hydrogens (tertiary/aromatic N) is 1. The maximum Gasteiger partial charge on any atom is 0.306 e. The lowest BCUT2D eigenvalue weighted by atomic mass is 9.86. The van der Waals surface area contributed by atoms with Gasteiger partial charge in [-0.25, -0.2) is 4.98 Å². The van der Waals surface area contributed by atoms with Crippen molar-refractivity contribution in [2.24, 2.45) is 5.92 Å².